The van der Waals surface area contributed by atoms with Gasteiger partial charge in [-0.05, 0) is 39.5 Å². The van der Waals surface area contributed by atoms with Gasteiger partial charge < -0.3 is 25.0 Å². The molecular formula is C29H39ClN8O. The van der Waals surface area contributed by atoms with E-state index < -0.39 is 0 Å². The van der Waals surface area contributed by atoms with E-state index in [1.165, 1.54) is 0 Å². The number of para-hydroxylation sites is 1. The molecule has 2 saturated heterocycles. The van der Waals surface area contributed by atoms with Crippen LogP contribution in [0.1, 0.15) is 12.8 Å². The predicted molar refractivity (Wildman–Crippen MR) is 158 cm³/mol. The van der Waals surface area contributed by atoms with E-state index in [9.17, 15) is 4.79 Å². The Kier molecular flexibility index (Phi) is 9.13. The number of H-pyrrole nitrogens is 1. The Bertz CT molecular complexity index is 1280. The van der Waals surface area contributed by atoms with Crippen LogP contribution in [0.3, 0.4) is 0 Å². The van der Waals surface area contributed by atoms with Crippen LogP contribution in [0.15, 0.2) is 48.8 Å². The number of hydrogen-bond acceptors (Lipinski definition) is 7. The minimum absolute atomic E-state index is 0.124. The summed E-state index contributed by atoms with van der Waals surface area (Å²) >= 11 is 6.52. The highest BCUT2D eigenvalue weighted by molar-refractivity contribution is 6.33. The molecule has 4 heterocycles. The van der Waals surface area contributed by atoms with E-state index in [2.05, 4.69) is 31.2 Å². The molecule has 0 aliphatic carbocycles. The number of halogens is 1. The largest absolute Gasteiger partial charge is 0.360 e. The number of aromatic amines is 1. The lowest BCUT2D eigenvalue weighted by Gasteiger charge is -2.37. The van der Waals surface area contributed by atoms with Gasteiger partial charge in [-0.1, -0.05) is 35.9 Å². The topological polar surface area (TPSA) is 83.6 Å². The van der Waals surface area contributed by atoms with Gasteiger partial charge in [0.2, 0.25) is 11.9 Å². The summed E-state index contributed by atoms with van der Waals surface area (Å²) in [7, 11) is 4.00. The monoisotopic (exact) mass is 550 g/mol. The smallest absolute Gasteiger partial charge is 0.246 e. The molecule has 0 spiro atoms. The summed E-state index contributed by atoms with van der Waals surface area (Å²) in [5.74, 6) is 0.741. The molecule has 0 bridgehead atoms. The van der Waals surface area contributed by atoms with Crippen LogP contribution in [0.2, 0.25) is 5.02 Å². The maximum Gasteiger partial charge on any atom is 0.246 e. The molecule has 1 amide bonds. The summed E-state index contributed by atoms with van der Waals surface area (Å²) in [6.07, 6.45) is 9.53. The van der Waals surface area contributed by atoms with E-state index >= 15 is 0 Å². The average Bonchev–Trinajstić information content (AvgIpc) is 3.37. The Balaban J connectivity index is 1.11. The number of amides is 1. The van der Waals surface area contributed by atoms with E-state index in [0.29, 0.717) is 17.0 Å². The van der Waals surface area contributed by atoms with Crippen molar-refractivity contribution in [1.82, 2.24) is 34.6 Å². The van der Waals surface area contributed by atoms with Crippen molar-refractivity contribution in [2.24, 2.45) is 0 Å². The minimum atomic E-state index is 0.124. The second-order valence-corrected chi connectivity index (χ2v) is 11.2. The highest BCUT2D eigenvalue weighted by Gasteiger charge is 2.24. The van der Waals surface area contributed by atoms with Gasteiger partial charge in [0.05, 0.1) is 16.9 Å². The van der Waals surface area contributed by atoms with Crippen molar-refractivity contribution in [3.8, 4) is 11.3 Å². The highest BCUT2D eigenvalue weighted by Crippen LogP contribution is 2.32. The van der Waals surface area contributed by atoms with Crippen LogP contribution < -0.4 is 5.32 Å². The molecule has 3 aromatic rings. The number of anilines is 1. The van der Waals surface area contributed by atoms with Gasteiger partial charge >= 0.3 is 0 Å². The zero-order valence-corrected chi connectivity index (χ0v) is 23.7. The molecule has 1 aromatic carbocycles. The van der Waals surface area contributed by atoms with Gasteiger partial charge in [-0.2, -0.15) is 0 Å². The molecule has 2 aliphatic heterocycles. The molecule has 39 heavy (non-hydrogen) atoms. The lowest BCUT2D eigenvalue weighted by molar-refractivity contribution is -0.127. The molecule has 9 nitrogen and oxygen atoms in total. The number of nitrogens with one attached hydrogen (secondary N) is 2. The number of aromatic nitrogens is 3. The van der Waals surface area contributed by atoms with Crippen LogP contribution in [0.5, 0.6) is 0 Å². The summed E-state index contributed by atoms with van der Waals surface area (Å²) in [6.45, 7) is 8.34. The summed E-state index contributed by atoms with van der Waals surface area (Å²) in [5, 5.41) is 5.21. The molecule has 0 unspecified atom stereocenters. The maximum absolute atomic E-state index is 12.4. The van der Waals surface area contributed by atoms with Gasteiger partial charge in [0, 0.05) is 87.1 Å². The molecule has 1 atom stereocenters. The van der Waals surface area contributed by atoms with Crippen molar-refractivity contribution in [3.63, 3.8) is 0 Å². The van der Waals surface area contributed by atoms with Gasteiger partial charge in [0.1, 0.15) is 0 Å². The number of likely N-dealkylation sites (tertiary alicyclic amines) is 1. The van der Waals surface area contributed by atoms with Crippen molar-refractivity contribution >= 4 is 34.4 Å². The Morgan fingerprint density at radius 2 is 1.95 bits per heavy atom. The van der Waals surface area contributed by atoms with Crippen molar-refractivity contribution in [1.29, 1.82) is 0 Å². The first-order chi connectivity index (χ1) is 19.0. The van der Waals surface area contributed by atoms with Gasteiger partial charge in [0.25, 0.3) is 0 Å². The van der Waals surface area contributed by atoms with E-state index in [0.717, 1.165) is 93.9 Å². The van der Waals surface area contributed by atoms with Crippen LogP contribution in [0.25, 0.3) is 22.2 Å². The maximum atomic E-state index is 12.4. The Labute approximate surface area is 235 Å². The molecule has 0 radical (unpaired) electrons. The molecular weight excluding hydrogens is 512 g/mol. The quantitative estimate of drug-likeness (QED) is 0.395. The standard InChI is InChI=1S/C29H39ClN8O/c1-35(2)11-6-10-27(39)38-17-15-36(16-18-38)13-14-37-12-5-7-22(21-37)33-29-32-20-25(30)28(34-29)24-19-31-26-9-4-3-8-23(24)26/h3-4,6,8-10,19-20,22,31H,5,7,11-18,21H2,1-2H3,(H,32,33,34)/b10-6+/t22-/m1/s1. The fraction of sp³-hybridized carbons (Fsp3) is 0.483. The first-order valence-corrected chi connectivity index (χ1v) is 14.2. The lowest BCUT2D eigenvalue weighted by Crippen LogP contribution is -2.51. The fourth-order valence-electron chi connectivity index (χ4n) is 5.40. The molecule has 2 aromatic heterocycles. The highest BCUT2D eigenvalue weighted by atomic mass is 35.5. The summed E-state index contributed by atoms with van der Waals surface area (Å²) < 4.78 is 0. The van der Waals surface area contributed by atoms with Gasteiger partial charge in [-0.15, -0.1) is 0 Å². The van der Waals surface area contributed by atoms with Crippen LogP contribution in [0, 0.1) is 0 Å². The predicted octanol–water partition coefficient (Wildman–Crippen LogP) is 3.42. The molecule has 208 valence electrons. The van der Waals surface area contributed by atoms with Crippen molar-refractivity contribution < 1.29 is 4.79 Å². The summed E-state index contributed by atoms with van der Waals surface area (Å²) in [4.78, 5) is 34.0. The number of piperidine rings is 1. The number of nitrogens with zero attached hydrogens (tertiary/aromatic N) is 6. The van der Waals surface area contributed by atoms with Gasteiger partial charge in [-0.3, -0.25) is 9.69 Å². The number of likely N-dealkylation sites (N-methyl/N-ethyl adjacent to an activating group) is 1. The SMILES string of the molecule is CN(C)C/C=C/C(=O)N1CCN(CCN2CCC[C@@H](Nc3ncc(Cl)c(-c4c[nH]c5ccccc45)n3)C2)CC1. The van der Waals surface area contributed by atoms with Gasteiger partial charge in [0.15, 0.2) is 0 Å². The van der Waals surface area contributed by atoms with Crippen LogP contribution in [-0.4, -0.2) is 119 Å². The van der Waals surface area contributed by atoms with E-state index in [-0.39, 0.29) is 5.91 Å². The van der Waals surface area contributed by atoms with Crippen LogP contribution in [0.4, 0.5) is 5.95 Å². The number of carbonyl (C=O) groups is 1. The van der Waals surface area contributed by atoms with E-state index in [4.69, 9.17) is 16.6 Å². The molecule has 10 heteroatoms. The number of fused-ring (bicyclic) bond motifs is 1. The number of rotatable bonds is 9. The third-order valence-corrected chi connectivity index (χ3v) is 7.85. The molecule has 2 fully saturated rings. The first-order valence-electron chi connectivity index (χ1n) is 13.9. The summed E-state index contributed by atoms with van der Waals surface area (Å²) in [5.41, 5.74) is 2.78. The van der Waals surface area contributed by atoms with E-state index in [1.54, 1.807) is 12.3 Å². The number of benzene rings is 1. The summed E-state index contributed by atoms with van der Waals surface area (Å²) in [6, 6.07) is 8.45. The molecule has 5 rings (SSSR count). The van der Waals surface area contributed by atoms with Crippen LogP contribution in [-0.2, 0) is 4.79 Å². The molecule has 0 saturated carbocycles. The average molecular weight is 551 g/mol. The normalized spacial score (nSPS) is 19.4. The van der Waals surface area contributed by atoms with E-state index in [1.807, 2.05) is 54.4 Å². The zero-order chi connectivity index (χ0) is 27.2. The Morgan fingerprint density at radius 1 is 1.15 bits per heavy atom. The van der Waals surface area contributed by atoms with Crippen molar-refractivity contribution in [2.45, 2.75) is 18.9 Å². The Morgan fingerprint density at radius 3 is 2.77 bits per heavy atom. The third-order valence-electron chi connectivity index (χ3n) is 7.57. The Hall–Kier alpha value is -2.98. The minimum Gasteiger partial charge on any atom is -0.360 e. The lowest BCUT2D eigenvalue weighted by atomic mass is 10.1. The second kappa shape index (κ2) is 12.9. The molecule has 2 aliphatic rings. The number of hydrogen-bond donors (Lipinski definition) is 2. The fourth-order valence-corrected chi connectivity index (χ4v) is 5.59. The van der Waals surface area contributed by atoms with Crippen LogP contribution >= 0.6 is 11.6 Å². The second-order valence-electron chi connectivity index (χ2n) is 10.8. The van der Waals surface area contributed by atoms with Crippen molar-refractivity contribution in [2.75, 3.05) is 78.3 Å². The molecule has 2 N–H and O–H groups in total. The third kappa shape index (κ3) is 7.16. The first kappa shape index (κ1) is 27.6. The van der Waals surface area contributed by atoms with Gasteiger partial charge in [-0.25, -0.2) is 9.97 Å². The number of carbonyl (C=O) groups excluding carboxylic acids is 1. The zero-order valence-electron chi connectivity index (χ0n) is 22.9. The number of piperazine rings is 1. The van der Waals surface area contributed by atoms with Crippen molar-refractivity contribution in [3.05, 3.63) is 53.8 Å².